The van der Waals surface area contributed by atoms with Crippen LogP contribution < -0.4 is 9.54 Å². The van der Waals surface area contributed by atoms with E-state index in [9.17, 15) is 0 Å². The van der Waals surface area contributed by atoms with Gasteiger partial charge in [-0.25, -0.2) is 5.53 Å². The number of aromatic nitrogens is 1. The summed E-state index contributed by atoms with van der Waals surface area (Å²) < 4.78 is 9.58. The Kier molecular flexibility index (Phi) is 12.5. The van der Waals surface area contributed by atoms with Gasteiger partial charge in [-0.1, -0.05) is 89.9 Å². The van der Waals surface area contributed by atoms with Crippen molar-refractivity contribution >= 4 is 27.2 Å². The number of rotatable bonds is 17. The van der Waals surface area contributed by atoms with Crippen molar-refractivity contribution in [2.75, 3.05) is 13.2 Å². The van der Waals surface area contributed by atoms with Gasteiger partial charge in [-0.05, 0) is 25.3 Å². The van der Waals surface area contributed by atoms with Crippen LogP contribution in [0.4, 0.5) is 5.69 Å². The van der Waals surface area contributed by atoms with Crippen LogP contribution in [0, 0.1) is 5.53 Å². The molecule has 0 aliphatic carbocycles. The molecule has 0 saturated heterocycles. The molecule has 1 heterocycles. The fourth-order valence-electron chi connectivity index (χ4n) is 3.75. The molecule has 5 nitrogen and oxygen atoms in total. The molecule has 0 fully saturated rings. The highest BCUT2D eigenvalue weighted by Gasteiger charge is 2.12. The van der Waals surface area contributed by atoms with Crippen molar-refractivity contribution in [2.24, 2.45) is 10.1 Å². The highest BCUT2D eigenvalue weighted by atomic mass is 32.1. The first-order valence-electron chi connectivity index (χ1n) is 12.4. The third-order valence-electron chi connectivity index (χ3n) is 5.63. The van der Waals surface area contributed by atoms with E-state index in [4.69, 9.17) is 15.3 Å². The lowest BCUT2D eigenvalue weighted by Crippen LogP contribution is -2.15. The third-order valence-corrected chi connectivity index (χ3v) is 6.71. The van der Waals surface area contributed by atoms with Gasteiger partial charge in [-0.15, -0.1) is 0 Å². The number of hydrogen-bond acceptors (Lipinski definition) is 5. The summed E-state index contributed by atoms with van der Waals surface area (Å²) in [6.45, 7) is 9.27. The second-order valence-electron chi connectivity index (χ2n) is 8.35. The van der Waals surface area contributed by atoms with Crippen LogP contribution in [0.5, 0.6) is 5.75 Å². The molecular formula is C25H42N4OS. The molecule has 2 rings (SSSR count). The van der Waals surface area contributed by atoms with Crippen molar-refractivity contribution < 1.29 is 4.74 Å². The van der Waals surface area contributed by atoms with Gasteiger partial charge in [0.25, 0.3) is 0 Å². The summed E-state index contributed by atoms with van der Waals surface area (Å²) >= 11 is 1.72. The Labute approximate surface area is 192 Å². The normalized spacial score (nSPS) is 12.0. The number of hydrogen-bond donors (Lipinski definition) is 1. The van der Waals surface area contributed by atoms with Crippen molar-refractivity contribution in [2.45, 2.75) is 104 Å². The van der Waals surface area contributed by atoms with Gasteiger partial charge >= 0.3 is 0 Å². The quantitative estimate of drug-likeness (QED) is 0.192. The van der Waals surface area contributed by atoms with Crippen molar-refractivity contribution in [3.8, 4) is 5.75 Å². The summed E-state index contributed by atoms with van der Waals surface area (Å²) in [4.78, 5) is 6.05. The van der Waals surface area contributed by atoms with Crippen LogP contribution in [0.3, 0.4) is 0 Å². The van der Waals surface area contributed by atoms with Gasteiger partial charge in [0.05, 0.1) is 16.8 Å². The van der Waals surface area contributed by atoms with E-state index in [2.05, 4.69) is 36.5 Å². The number of benzene rings is 1. The first-order valence-corrected chi connectivity index (χ1v) is 13.2. The second-order valence-corrected chi connectivity index (χ2v) is 9.36. The van der Waals surface area contributed by atoms with Crippen LogP contribution >= 0.6 is 11.3 Å². The van der Waals surface area contributed by atoms with Crippen LogP contribution in [0.2, 0.25) is 0 Å². The minimum atomic E-state index is 0.622. The van der Waals surface area contributed by atoms with E-state index in [1.54, 1.807) is 11.3 Å². The number of fused-ring (bicyclic) bond motifs is 1. The molecule has 0 bridgehead atoms. The van der Waals surface area contributed by atoms with Crippen LogP contribution in [0.1, 0.15) is 97.8 Å². The summed E-state index contributed by atoms with van der Waals surface area (Å²) in [5.41, 5.74) is 9.41. The molecular weight excluding hydrogens is 404 g/mol. The van der Waals surface area contributed by atoms with E-state index in [-0.39, 0.29) is 0 Å². The first kappa shape index (κ1) is 25.6. The minimum absolute atomic E-state index is 0.622. The average molecular weight is 447 g/mol. The zero-order chi connectivity index (χ0) is 22.3. The Morgan fingerprint density at radius 1 is 0.871 bits per heavy atom. The smallest absolute Gasteiger partial charge is 0.185 e. The highest BCUT2D eigenvalue weighted by molar-refractivity contribution is 7.16. The maximum Gasteiger partial charge on any atom is 0.185 e. The van der Waals surface area contributed by atoms with Gasteiger partial charge in [0.15, 0.2) is 4.80 Å². The molecule has 6 heteroatoms. The molecule has 0 unspecified atom stereocenters. The van der Waals surface area contributed by atoms with Crippen LogP contribution in [-0.2, 0) is 6.54 Å². The SMILES string of the molecule is CCCCCCN=c1sc2cc(N=N)c(OCCCCCC)cc2n1CCCCCC. The van der Waals surface area contributed by atoms with Crippen LogP contribution in [0.15, 0.2) is 22.2 Å². The monoisotopic (exact) mass is 446 g/mol. The first-order chi connectivity index (χ1) is 15.2. The van der Waals surface area contributed by atoms with Gasteiger partial charge in [0.1, 0.15) is 11.4 Å². The Hall–Kier alpha value is -1.69. The topological polar surface area (TPSA) is 62.7 Å². The lowest BCUT2D eigenvalue weighted by atomic mass is 10.2. The Morgan fingerprint density at radius 3 is 2.23 bits per heavy atom. The van der Waals surface area contributed by atoms with Crippen LogP contribution in [-0.4, -0.2) is 17.7 Å². The Balaban J connectivity index is 2.27. The lowest BCUT2D eigenvalue weighted by Gasteiger charge is -2.10. The zero-order valence-corrected chi connectivity index (χ0v) is 20.7. The molecule has 0 radical (unpaired) electrons. The molecule has 1 N–H and O–H groups in total. The molecule has 0 saturated carbocycles. The molecule has 0 amide bonds. The molecule has 0 atom stereocenters. The molecule has 0 spiro atoms. The van der Waals surface area contributed by atoms with E-state index >= 15 is 0 Å². The number of nitrogens with one attached hydrogen (secondary N) is 1. The van der Waals surface area contributed by atoms with E-state index in [0.29, 0.717) is 12.3 Å². The van der Waals surface area contributed by atoms with E-state index in [0.717, 1.165) is 41.2 Å². The van der Waals surface area contributed by atoms with Gasteiger partial charge in [0.2, 0.25) is 0 Å². The second kappa shape index (κ2) is 15.2. The number of ether oxygens (including phenoxy) is 1. The number of aryl methyl sites for hydroxylation is 1. The molecule has 0 aliphatic heterocycles. The van der Waals surface area contributed by atoms with Gasteiger partial charge in [0, 0.05) is 19.2 Å². The van der Waals surface area contributed by atoms with Gasteiger partial charge in [-0.2, -0.15) is 5.11 Å². The van der Waals surface area contributed by atoms with Crippen molar-refractivity contribution in [3.05, 3.63) is 16.9 Å². The van der Waals surface area contributed by atoms with Gasteiger partial charge in [-0.3, -0.25) is 4.99 Å². The van der Waals surface area contributed by atoms with Crippen molar-refractivity contribution in [1.82, 2.24) is 4.57 Å². The van der Waals surface area contributed by atoms with E-state index in [1.807, 2.05) is 6.07 Å². The maximum absolute atomic E-state index is 7.62. The predicted octanol–water partition coefficient (Wildman–Crippen LogP) is 8.39. The van der Waals surface area contributed by atoms with Crippen molar-refractivity contribution in [3.63, 3.8) is 0 Å². The molecule has 174 valence electrons. The average Bonchev–Trinajstić information content (AvgIpc) is 3.12. The van der Waals surface area contributed by atoms with Crippen molar-refractivity contribution in [1.29, 1.82) is 5.53 Å². The molecule has 31 heavy (non-hydrogen) atoms. The molecule has 1 aromatic heterocycles. The molecule has 2 aromatic rings. The Bertz CT molecular complexity index is 840. The molecule has 1 aromatic carbocycles. The summed E-state index contributed by atoms with van der Waals surface area (Å²) in [5.74, 6) is 0.730. The van der Waals surface area contributed by atoms with Gasteiger partial charge < -0.3 is 9.30 Å². The Morgan fingerprint density at radius 2 is 1.55 bits per heavy atom. The summed E-state index contributed by atoms with van der Waals surface area (Å²) in [7, 11) is 0. The molecule has 0 aliphatic rings. The predicted molar refractivity (Wildman–Crippen MR) is 133 cm³/mol. The number of unbranched alkanes of at least 4 members (excludes halogenated alkanes) is 9. The van der Waals surface area contributed by atoms with Crippen LogP contribution in [0.25, 0.3) is 10.2 Å². The number of nitrogens with zero attached hydrogens (tertiary/aromatic N) is 3. The fourth-order valence-corrected chi connectivity index (χ4v) is 4.84. The minimum Gasteiger partial charge on any atom is -0.491 e. The number of thiazole rings is 1. The third kappa shape index (κ3) is 8.40. The standard InChI is InChI=1S/C25H42N4OS/c1-4-7-10-13-16-27-25-29(17-14-11-8-5-2)22-20-23(30-18-15-12-9-6-3)21(28-26)19-24(22)31-25/h19-20,26H,4-18H2,1-3H3. The fraction of sp³-hybridized carbons (Fsp3) is 0.720. The largest absolute Gasteiger partial charge is 0.491 e. The highest BCUT2D eigenvalue weighted by Crippen LogP contribution is 2.34. The van der Waals surface area contributed by atoms with E-state index < -0.39 is 0 Å². The lowest BCUT2D eigenvalue weighted by molar-refractivity contribution is 0.306. The van der Waals surface area contributed by atoms with E-state index in [1.165, 1.54) is 69.7 Å². The maximum atomic E-state index is 7.62. The summed E-state index contributed by atoms with van der Waals surface area (Å²) in [6.07, 6.45) is 14.6. The zero-order valence-electron chi connectivity index (χ0n) is 19.9. The summed E-state index contributed by atoms with van der Waals surface area (Å²) in [5, 5.41) is 3.75. The summed E-state index contributed by atoms with van der Waals surface area (Å²) in [6, 6.07) is 4.10.